The van der Waals surface area contributed by atoms with Gasteiger partial charge in [0.2, 0.25) is 0 Å². The Balaban J connectivity index is 2.04. The first-order valence-corrected chi connectivity index (χ1v) is 5.50. The van der Waals surface area contributed by atoms with Gasteiger partial charge in [0.15, 0.2) is 0 Å². The lowest BCUT2D eigenvalue weighted by Gasteiger charge is -2.33. The predicted molar refractivity (Wildman–Crippen MR) is 58.3 cm³/mol. The molecule has 2 N–H and O–H groups in total. The summed E-state index contributed by atoms with van der Waals surface area (Å²) in [5, 5.41) is 3.39. The number of nitrogens with one attached hydrogen (secondary N) is 2. The summed E-state index contributed by atoms with van der Waals surface area (Å²) in [5.41, 5.74) is 1.36. The minimum absolute atomic E-state index is 0.576. The third-order valence-corrected chi connectivity index (χ3v) is 2.96. The molecule has 1 aliphatic rings. The SMILES string of the molecule is CCC(c1ccc[nH]1)N1CCNCC1. The van der Waals surface area contributed by atoms with Crippen LogP contribution in [0.1, 0.15) is 25.1 Å². The molecule has 14 heavy (non-hydrogen) atoms. The van der Waals surface area contributed by atoms with E-state index in [-0.39, 0.29) is 0 Å². The smallest absolute Gasteiger partial charge is 0.0496 e. The molecule has 1 aromatic heterocycles. The first-order valence-electron chi connectivity index (χ1n) is 5.50. The quantitative estimate of drug-likeness (QED) is 0.759. The average Bonchev–Trinajstić information content (AvgIpc) is 2.74. The number of rotatable bonds is 3. The second-order valence-electron chi connectivity index (χ2n) is 3.84. The van der Waals surface area contributed by atoms with Gasteiger partial charge in [-0.3, -0.25) is 4.90 Å². The Morgan fingerprint density at radius 2 is 2.21 bits per heavy atom. The molecule has 3 nitrogen and oxygen atoms in total. The van der Waals surface area contributed by atoms with Crippen molar-refractivity contribution < 1.29 is 0 Å². The molecule has 0 amide bonds. The molecule has 1 atom stereocenters. The van der Waals surface area contributed by atoms with Gasteiger partial charge in [0.25, 0.3) is 0 Å². The third-order valence-electron chi connectivity index (χ3n) is 2.96. The minimum atomic E-state index is 0.576. The van der Waals surface area contributed by atoms with Gasteiger partial charge in [-0.25, -0.2) is 0 Å². The molecule has 1 saturated heterocycles. The van der Waals surface area contributed by atoms with E-state index < -0.39 is 0 Å². The number of H-pyrrole nitrogens is 1. The van der Waals surface area contributed by atoms with Crippen LogP contribution in [0.5, 0.6) is 0 Å². The highest BCUT2D eigenvalue weighted by molar-refractivity contribution is 5.09. The van der Waals surface area contributed by atoms with Gasteiger partial charge in [-0.15, -0.1) is 0 Å². The number of piperazine rings is 1. The van der Waals surface area contributed by atoms with E-state index in [1.165, 1.54) is 12.1 Å². The van der Waals surface area contributed by atoms with Gasteiger partial charge in [-0.05, 0) is 18.6 Å². The van der Waals surface area contributed by atoms with Crippen LogP contribution < -0.4 is 5.32 Å². The predicted octanol–water partition coefficient (Wildman–Crippen LogP) is 1.37. The van der Waals surface area contributed by atoms with Gasteiger partial charge in [-0.1, -0.05) is 6.92 Å². The summed E-state index contributed by atoms with van der Waals surface area (Å²) in [6.45, 7) is 6.83. The topological polar surface area (TPSA) is 31.1 Å². The fourth-order valence-corrected chi connectivity index (χ4v) is 2.22. The van der Waals surface area contributed by atoms with E-state index in [1.54, 1.807) is 0 Å². The standard InChI is InChI=1S/C11H19N3/c1-2-11(10-4-3-5-13-10)14-8-6-12-7-9-14/h3-5,11-13H,2,6-9H2,1H3. The Hall–Kier alpha value is -0.800. The molecular formula is C11H19N3. The van der Waals surface area contributed by atoms with E-state index in [0.717, 1.165) is 26.2 Å². The Morgan fingerprint density at radius 3 is 2.79 bits per heavy atom. The van der Waals surface area contributed by atoms with E-state index in [0.29, 0.717) is 6.04 Å². The molecule has 0 spiro atoms. The van der Waals surface area contributed by atoms with Crippen LogP contribution in [-0.2, 0) is 0 Å². The Labute approximate surface area is 85.5 Å². The second kappa shape index (κ2) is 4.62. The average molecular weight is 193 g/mol. The van der Waals surface area contributed by atoms with Gasteiger partial charge >= 0.3 is 0 Å². The maximum atomic E-state index is 3.39. The monoisotopic (exact) mass is 193 g/mol. The largest absolute Gasteiger partial charge is 0.364 e. The molecule has 3 heteroatoms. The molecule has 0 saturated carbocycles. The van der Waals surface area contributed by atoms with Gasteiger partial charge in [-0.2, -0.15) is 0 Å². The van der Waals surface area contributed by atoms with Crippen molar-refractivity contribution in [1.82, 2.24) is 15.2 Å². The number of aromatic nitrogens is 1. The van der Waals surface area contributed by atoms with Crippen molar-refractivity contribution in [3.63, 3.8) is 0 Å². The van der Waals surface area contributed by atoms with E-state index in [1.807, 2.05) is 6.20 Å². The summed E-state index contributed by atoms with van der Waals surface area (Å²) < 4.78 is 0. The van der Waals surface area contributed by atoms with Crippen molar-refractivity contribution in [1.29, 1.82) is 0 Å². The minimum Gasteiger partial charge on any atom is -0.364 e. The number of hydrogen-bond donors (Lipinski definition) is 2. The van der Waals surface area contributed by atoms with Gasteiger partial charge in [0, 0.05) is 44.1 Å². The molecule has 78 valence electrons. The molecule has 0 radical (unpaired) electrons. The summed E-state index contributed by atoms with van der Waals surface area (Å²) in [6.07, 6.45) is 3.20. The van der Waals surface area contributed by atoms with Gasteiger partial charge in [0.05, 0.1) is 0 Å². The van der Waals surface area contributed by atoms with Crippen molar-refractivity contribution >= 4 is 0 Å². The van der Waals surface area contributed by atoms with Crippen LogP contribution in [0.4, 0.5) is 0 Å². The van der Waals surface area contributed by atoms with Crippen LogP contribution in [0.25, 0.3) is 0 Å². The Bertz CT molecular complexity index is 250. The fourth-order valence-electron chi connectivity index (χ4n) is 2.22. The first-order chi connectivity index (χ1) is 6.92. The molecule has 0 aliphatic carbocycles. The molecule has 1 unspecified atom stereocenters. The zero-order valence-electron chi connectivity index (χ0n) is 8.79. The number of nitrogens with zero attached hydrogens (tertiary/aromatic N) is 1. The lowest BCUT2D eigenvalue weighted by Crippen LogP contribution is -2.45. The zero-order chi connectivity index (χ0) is 9.80. The molecule has 1 aromatic rings. The maximum Gasteiger partial charge on any atom is 0.0496 e. The highest BCUT2D eigenvalue weighted by Gasteiger charge is 2.20. The second-order valence-corrected chi connectivity index (χ2v) is 3.84. The van der Waals surface area contributed by atoms with Crippen molar-refractivity contribution in [2.45, 2.75) is 19.4 Å². The molecule has 2 heterocycles. The van der Waals surface area contributed by atoms with Crippen molar-refractivity contribution in [2.24, 2.45) is 0 Å². The molecule has 1 fully saturated rings. The summed E-state index contributed by atoms with van der Waals surface area (Å²) in [7, 11) is 0. The number of hydrogen-bond acceptors (Lipinski definition) is 2. The summed E-state index contributed by atoms with van der Waals surface area (Å²) >= 11 is 0. The van der Waals surface area contributed by atoms with Crippen LogP contribution >= 0.6 is 0 Å². The van der Waals surface area contributed by atoms with Crippen LogP contribution in [0, 0.1) is 0 Å². The molecule has 2 rings (SSSR count). The van der Waals surface area contributed by atoms with Crippen LogP contribution in [0.2, 0.25) is 0 Å². The van der Waals surface area contributed by atoms with E-state index >= 15 is 0 Å². The fraction of sp³-hybridized carbons (Fsp3) is 0.636. The van der Waals surface area contributed by atoms with E-state index in [2.05, 4.69) is 34.3 Å². The summed E-state index contributed by atoms with van der Waals surface area (Å²) in [6, 6.07) is 4.85. The lowest BCUT2D eigenvalue weighted by atomic mass is 10.1. The van der Waals surface area contributed by atoms with Gasteiger partial charge in [0.1, 0.15) is 0 Å². The first kappa shape index (κ1) is 9.74. The molecule has 0 bridgehead atoms. The summed E-state index contributed by atoms with van der Waals surface area (Å²) in [4.78, 5) is 5.88. The highest BCUT2D eigenvalue weighted by Crippen LogP contribution is 2.22. The van der Waals surface area contributed by atoms with Crippen LogP contribution in [-0.4, -0.2) is 36.1 Å². The highest BCUT2D eigenvalue weighted by atomic mass is 15.2. The van der Waals surface area contributed by atoms with Crippen molar-refractivity contribution in [2.75, 3.05) is 26.2 Å². The summed E-state index contributed by atoms with van der Waals surface area (Å²) in [5.74, 6) is 0. The van der Waals surface area contributed by atoms with Crippen molar-refractivity contribution in [3.8, 4) is 0 Å². The normalized spacial score (nSPS) is 20.9. The van der Waals surface area contributed by atoms with Crippen LogP contribution in [0.15, 0.2) is 18.3 Å². The molecule has 0 aromatic carbocycles. The molecule has 1 aliphatic heterocycles. The Morgan fingerprint density at radius 1 is 1.43 bits per heavy atom. The van der Waals surface area contributed by atoms with E-state index in [9.17, 15) is 0 Å². The van der Waals surface area contributed by atoms with Crippen LogP contribution in [0.3, 0.4) is 0 Å². The molecular weight excluding hydrogens is 174 g/mol. The number of aromatic amines is 1. The zero-order valence-corrected chi connectivity index (χ0v) is 8.79. The van der Waals surface area contributed by atoms with Crippen molar-refractivity contribution in [3.05, 3.63) is 24.0 Å². The maximum absolute atomic E-state index is 3.39. The Kier molecular flexibility index (Phi) is 3.22. The van der Waals surface area contributed by atoms with E-state index in [4.69, 9.17) is 0 Å². The van der Waals surface area contributed by atoms with Gasteiger partial charge < -0.3 is 10.3 Å². The lowest BCUT2D eigenvalue weighted by molar-refractivity contribution is 0.166. The third kappa shape index (κ3) is 1.99.